The Bertz CT molecular complexity index is 1480. The highest BCUT2D eigenvalue weighted by Gasteiger charge is 2.21. The molecule has 154 valence electrons. The standard InChI is InChI=1S/C22H16N4O4S/c1-13-4-3-5-14(8-13)22-26-18-10-15(6-7-19(18)30-22)25-21(27)17-9-16(11-23)24-12-20(17)31(2,28)29/h3-10,12H,1-2H3,(H,25,27). The number of carbonyl (C=O) groups excluding carboxylic acids is 1. The zero-order valence-corrected chi connectivity index (χ0v) is 17.4. The van der Waals surface area contributed by atoms with Crippen molar-refractivity contribution in [3.63, 3.8) is 0 Å². The van der Waals surface area contributed by atoms with Gasteiger partial charge in [-0.1, -0.05) is 17.7 Å². The molecule has 4 rings (SSSR count). The Labute approximate surface area is 178 Å². The molecule has 0 saturated heterocycles. The lowest BCUT2D eigenvalue weighted by Gasteiger charge is -2.09. The Morgan fingerprint density at radius 2 is 1.97 bits per heavy atom. The molecule has 8 nitrogen and oxygen atoms in total. The summed E-state index contributed by atoms with van der Waals surface area (Å²) in [5.74, 6) is -0.226. The van der Waals surface area contributed by atoms with Gasteiger partial charge in [0.05, 0.1) is 10.5 Å². The second kappa shape index (κ2) is 7.66. The number of hydrogen-bond acceptors (Lipinski definition) is 7. The monoisotopic (exact) mass is 432 g/mol. The number of fused-ring (bicyclic) bond motifs is 1. The molecule has 0 unspecified atom stereocenters. The van der Waals surface area contributed by atoms with Gasteiger partial charge in [0.25, 0.3) is 5.91 Å². The maximum Gasteiger partial charge on any atom is 0.257 e. The zero-order chi connectivity index (χ0) is 22.2. The molecule has 0 saturated carbocycles. The van der Waals surface area contributed by atoms with E-state index in [1.54, 1.807) is 24.3 Å². The number of anilines is 1. The first-order valence-electron chi connectivity index (χ1n) is 9.14. The molecule has 1 N–H and O–H groups in total. The van der Waals surface area contributed by atoms with Crippen LogP contribution in [0.5, 0.6) is 0 Å². The molecule has 0 aliphatic rings. The van der Waals surface area contributed by atoms with Crippen LogP contribution in [0.15, 0.2) is 64.0 Å². The van der Waals surface area contributed by atoms with Gasteiger partial charge in [-0.3, -0.25) is 4.79 Å². The number of nitrogens with zero attached hydrogens (tertiary/aromatic N) is 3. The van der Waals surface area contributed by atoms with Gasteiger partial charge in [0, 0.05) is 23.7 Å². The van der Waals surface area contributed by atoms with Crippen LogP contribution in [0, 0.1) is 18.3 Å². The molecule has 31 heavy (non-hydrogen) atoms. The SMILES string of the molecule is Cc1cccc(-c2nc3cc(NC(=O)c4cc(C#N)ncc4S(C)(=O)=O)ccc3o2)c1. The summed E-state index contributed by atoms with van der Waals surface area (Å²) in [6, 6.07) is 15.6. The van der Waals surface area contributed by atoms with Crippen molar-refractivity contribution in [2.75, 3.05) is 11.6 Å². The van der Waals surface area contributed by atoms with Gasteiger partial charge in [0.15, 0.2) is 15.4 Å². The van der Waals surface area contributed by atoms with E-state index in [4.69, 9.17) is 9.68 Å². The minimum atomic E-state index is -3.72. The lowest BCUT2D eigenvalue weighted by molar-refractivity contribution is 0.102. The number of carbonyl (C=O) groups is 1. The first kappa shape index (κ1) is 20.3. The summed E-state index contributed by atoms with van der Waals surface area (Å²) in [6.07, 6.45) is 1.98. The second-order valence-corrected chi connectivity index (χ2v) is 8.96. The topological polar surface area (TPSA) is 126 Å². The number of pyridine rings is 1. The third kappa shape index (κ3) is 4.15. The van der Waals surface area contributed by atoms with Gasteiger partial charge >= 0.3 is 0 Å². The number of amides is 1. The fraction of sp³-hybridized carbons (Fsp3) is 0.0909. The summed E-state index contributed by atoms with van der Waals surface area (Å²) in [5, 5.41) is 11.7. The summed E-state index contributed by atoms with van der Waals surface area (Å²) in [5.41, 5.74) is 3.16. The predicted octanol–water partition coefficient (Wildman–Crippen LogP) is 3.73. The largest absolute Gasteiger partial charge is 0.436 e. The van der Waals surface area contributed by atoms with Crippen molar-refractivity contribution in [3.05, 3.63) is 71.5 Å². The summed E-state index contributed by atoms with van der Waals surface area (Å²) in [6.45, 7) is 1.97. The Balaban J connectivity index is 1.68. The third-order valence-corrected chi connectivity index (χ3v) is 5.66. The van der Waals surface area contributed by atoms with Crippen molar-refractivity contribution in [2.24, 2.45) is 0 Å². The minimum Gasteiger partial charge on any atom is -0.436 e. The van der Waals surface area contributed by atoms with Crippen molar-refractivity contribution < 1.29 is 17.6 Å². The van der Waals surface area contributed by atoms with Crippen LogP contribution in [-0.2, 0) is 9.84 Å². The Kier molecular flexibility index (Phi) is 5.01. The van der Waals surface area contributed by atoms with Gasteiger partial charge in [-0.15, -0.1) is 0 Å². The Morgan fingerprint density at radius 1 is 1.16 bits per heavy atom. The van der Waals surface area contributed by atoms with E-state index in [0.717, 1.165) is 29.6 Å². The molecule has 0 bridgehead atoms. The number of benzene rings is 2. The fourth-order valence-electron chi connectivity index (χ4n) is 3.08. The van der Waals surface area contributed by atoms with Crippen molar-refractivity contribution >= 4 is 32.5 Å². The highest BCUT2D eigenvalue weighted by molar-refractivity contribution is 7.90. The van der Waals surface area contributed by atoms with E-state index >= 15 is 0 Å². The number of aryl methyl sites for hydroxylation is 1. The minimum absolute atomic E-state index is 0.0627. The Hall–Kier alpha value is -4.03. The fourth-order valence-corrected chi connectivity index (χ4v) is 3.88. The van der Waals surface area contributed by atoms with Crippen LogP contribution in [0.4, 0.5) is 5.69 Å². The van der Waals surface area contributed by atoms with E-state index in [-0.39, 0.29) is 16.2 Å². The molecule has 2 heterocycles. The average Bonchev–Trinajstić information content (AvgIpc) is 3.16. The number of aromatic nitrogens is 2. The molecule has 0 radical (unpaired) electrons. The maximum atomic E-state index is 12.8. The number of sulfone groups is 1. The Morgan fingerprint density at radius 3 is 2.68 bits per heavy atom. The molecule has 4 aromatic rings. The van der Waals surface area contributed by atoms with Gasteiger partial charge in [0.1, 0.15) is 17.3 Å². The van der Waals surface area contributed by atoms with Crippen molar-refractivity contribution in [3.8, 4) is 17.5 Å². The third-order valence-electron chi connectivity index (χ3n) is 4.54. The van der Waals surface area contributed by atoms with E-state index in [1.807, 2.05) is 31.2 Å². The molecule has 0 spiro atoms. The van der Waals surface area contributed by atoms with Crippen LogP contribution in [-0.4, -0.2) is 30.5 Å². The maximum absolute atomic E-state index is 12.8. The lowest BCUT2D eigenvalue weighted by Crippen LogP contribution is -2.17. The summed E-state index contributed by atoms with van der Waals surface area (Å²) in [4.78, 5) is 20.8. The smallest absolute Gasteiger partial charge is 0.257 e. The molecule has 0 fully saturated rings. The van der Waals surface area contributed by atoms with Crippen molar-refractivity contribution in [2.45, 2.75) is 11.8 Å². The summed E-state index contributed by atoms with van der Waals surface area (Å²) < 4.78 is 29.8. The van der Waals surface area contributed by atoms with E-state index in [9.17, 15) is 13.2 Å². The molecular formula is C22H16N4O4S. The van der Waals surface area contributed by atoms with Gasteiger partial charge in [-0.2, -0.15) is 5.26 Å². The molecule has 2 aromatic heterocycles. The van der Waals surface area contributed by atoms with Gasteiger partial charge in [-0.25, -0.2) is 18.4 Å². The van der Waals surface area contributed by atoms with E-state index in [2.05, 4.69) is 15.3 Å². The summed E-state index contributed by atoms with van der Waals surface area (Å²) >= 11 is 0. The van der Waals surface area contributed by atoms with Crippen LogP contribution in [0.1, 0.15) is 21.6 Å². The van der Waals surface area contributed by atoms with Crippen LogP contribution in [0.25, 0.3) is 22.6 Å². The van der Waals surface area contributed by atoms with Crippen LogP contribution < -0.4 is 5.32 Å². The van der Waals surface area contributed by atoms with Gasteiger partial charge < -0.3 is 9.73 Å². The number of nitriles is 1. The van der Waals surface area contributed by atoms with Crippen molar-refractivity contribution in [1.82, 2.24) is 9.97 Å². The molecule has 1 amide bonds. The van der Waals surface area contributed by atoms with E-state index < -0.39 is 15.7 Å². The first-order valence-corrected chi connectivity index (χ1v) is 11.0. The van der Waals surface area contributed by atoms with Gasteiger partial charge in [0.2, 0.25) is 5.89 Å². The number of nitrogens with one attached hydrogen (secondary N) is 1. The predicted molar refractivity (Wildman–Crippen MR) is 114 cm³/mol. The second-order valence-electron chi connectivity index (χ2n) is 6.97. The summed E-state index contributed by atoms with van der Waals surface area (Å²) in [7, 11) is -3.72. The van der Waals surface area contributed by atoms with E-state index in [1.165, 1.54) is 0 Å². The quantitative estimate of drug-likeness (QED) is 0.521. The number of oxazole rings is 1. The molecule has 9 heteroatoms. The normalized spacial score (nSPS) is 11.3. The molecule has 0 aliphatic heterocycles. The van der Waals surface area contributed by atoms with Crippen LogP contribution in [0.2, 0.25) is 0 Å². The lowest BCUT2D eigenvalue weighted by atomic mass is 10.1. The first-order chi connectivity index (χ1) is 14.7. The zero-order valence-electron chi connectivity index (χ0n) is 16.6. The van der Waals surface area contributed by atoms with Crippen LogP contribution in [0.3, 0.4) is 0 Å². The molecule has 0 atom stereocenters. The highest BCUT2D eigenvalue weighted by Crippen LogP contribution is 2.27. The number of hydrogen-bond donors (Lipinski definition) is 1. The highest BCUT2D eigenvalue weighted by atomic mass is 32.2. The van der Waals surface area contributed by atoms with Gasteiger partial charge in [-0.05, 0) is 43.3 Å². The molecule has 0 aliphatic carbocycles. The number of rotatable bonds is 4. The molecular weight excluding hydrogens is 416 g/mol. The van der Waals surface area contributed by atoms with E-state index in [0.29, 0.717) is 22.7 Å². The van der Waals surface area contributed by atoms with Crippen molar-refractivity contribution in [1.29, 1.82) is 5.26 Å². The van der Waals surface area contributed by atoms with Crippen LogP contribution >= 0.6 is 0 Å². The molecule has 2 aromatic carbocycles. The average molecular weight is 432 g/mol.